The van der Waals surface area contributed by atoms with E-state index in [1.54, 1.807) is 0 Å². The second-order valence-electron chi connectivity index (χ2n) is 4.88. The Bertz CT molecular complexity index is 615. The van der Waals surface area contributed by atoms with Gasteiger partial charge < -0.3 is 0 Å². The van der Waals surface area contributed by atoms with E-state index in [-0.39, 0.29) is 5.56 Å². The fourth-order valence-electron chi connectivity index (χ4n) is 2.17. The monoisotopic (exact) mass is 402 g/mol. The van der Waals surface area contributed by atoms with Crippen molar-refractivity contribution in [3.63, 3.8) is 0 Å². The van der Waals surface area contributed by atoms with Crippen molar-refractivity contribution in [1.82, 2.24) is 0 Å². The van der Waals surface area contributed by atoms with Crippen LogP contribution < -0.4 is 0 Å². The van der Waals surface area contributed by atoms with Gasteiger partial charge in [0.15, 0.2) is 0 Å². The first-order valence-electron chi connectivity index (χ1n) is 6.23. The Hall–Kier alpha value is -0.740. The normalized spacial score (nSPS) is 12.5. The van der Waals surface area contributed by atoms with Crippen LogP contribution in [0.1, 0.15) is 27.1 Å². The Balaban J connectivity index is 2.33. The SMILES string of the molecule is Cc1ccc(C)c(CC(Br)c2c(F)cc(Br)cc2F)c1. The number of halogens is 4. The Morgan fingerprint density at radius 1 is 1.05 bits per heavy atom. The van der Waals surface area contributed by atoms with Crippen LogP contribution in [0.5, 0.6) is 0 Å². The van der Waals surface area contributed by atoms with Crippen LogP contribution >= 0.6 is 31.9 Å². The molecule has 2 aromatic carbocycles. The van der Waals surface area contributed by atoms with Crippen molar-refractivity contribution in [3.8, 4) is 0 Å². The number of hydrogen-bond acceptors (Lipinski definition) is 0. The molecule has 20 heavy (non-hydrogen) atoms. The van der Waals surface area contributed by atoms with Crippen molar-refractivity contribution >= 4 is 31.9 Å². The van der Waals surface area contributed by atoms with Crippen molar-refractivity contribution in [3.05, 3.63) is 68.7 Å². The van der Waals surface area contributed by atoms with Crippen LogP contribution in [0.2, 0.25) is 0 Å². The second-order valence-corrected chi connectivity index (χ2v) is 6.91. The van der Waals surface area contributed by atoms with Crippen molar-refractivity contribution < 1.29 is 8.78 Å². The highest BCUT2D eigenvalue weighted by Gasteiger charge is 2.19. The van der Waals surface area contributed by atoms with Crippen molar-refractivity contribution in [1.29, 1.82) is 0 Å². The summed E-state index contributed by atoms with van der Waals surface area (Å²) in [4.78, 5) is -0.393. The molecule has 1 atom stereocenters. The van der Waals surface area contributed by atoms with Gasteiger partial charge in [-0.3, -0.25) is 0 Å². The van der Waals surface area contributed by atoms with Crippen LogP contribution in [0, 0.1) is 25.5 Å². The summed E-state index contributed by atoms with van der Waals surface area (Å²) in [7, 11) is 0. The van der Waals surface area contributed by atoms with E-state index in [4.69, 9.17) is 0 Å². The minimum absolute atomic E-state index is 0.0779. The lowest BCUT2D eigenvalue weighted by atomic mass is 9.98. The molecule has 2 rings (SSSR count). The first kappa shape index (κ1) is 15.6. The molecule has 0 saturated carbocycles. The Kier molecular flexibility index (Phi) is 4.97. The molecule has 0 bridgehead atoms. The molecule has 0 aliphatic heterocycles. The van der Waals surface area contributed by atoms with E-state index in [1.807, 2.05) is 26.0 Å². The van der Waals surface area contributed by atoms with Crippen LogP contribution in [0.3, 0.4) is 0 Å². The van der Waals surface area contributed by atoms with E-state index < -0.39 is 16.5 Å². The van der Waals surface area contributed by atoms with E-state index in [0.29, 0.717) is 10.9 Å². The minimum Gasteiger partial charge on any atom is -0.207 e. The van der Waals surface area contributed by atoms with Crippen molar-refractivity contribution in [2.75, 3.05) is 0 Å². The van der Waals surface area contributed by atoms with E-state index in [2.05, 4.69) is 37.9 Å². The molecule has 2 aromatic rings. The molecule has 0 aliphatic carbocycles. The molecule has 0 spiro atoms. The number of benzene rings is 2. The van der Waals surface area contributed by atoms with Crippen LogP contribution in [-0.2, 0) is 6.42 Å². The van der Waals surface area contributed by atoms with Gasteiger partial charge in [0, 0.05) is 14.9 Å². The summed E-state index contributed by atoms with van der Waals surface area (Å²) >= 11 is 6.50. The Morgan fingerprint density at radius 3 is 2.25 bits per heavy atom. The predicted molar refractivity (Wildman–Crippen MR) is 85.3 cm³/mol. The smallest absolute Gasteiger partial charge is 0.131 e. The lowest BCUT2D eigenvalue weighted by Crippen LogP contribution is -2.04. The van der Waals surface area contributed by atoms with Crippen molar-refractivity contribution in [2.24, 2.45) is 0 Å². The maximum absolute atomic E-state index is 13.9. The van der Waals surface area contributed by atoms with Gasteiger partial charge in [-0.1, -0.05) is 55.6 Å². The zero-order valence-electron chi connectivity index (χ0n) is 11.2. The van der Waals surface area contributed by atoms with Gasteiger partial charge in [0.2, 0.25) is 0 Å². The molecule has 0 nitrogen and oxygen atoms in total. The number of alkyl halides is 1. The van der Waals surface area contributed by atoms with Gasteiger partial charge in [-0.25, -0.2) is 8.78 Å². The molecule has 1 unspecified atom stereocenters. The maximum Gasteiger partial charge on any atom is 0.131 e. The highest BCUT2D eigenvalue weighted by molar-refractivity contribution is 9.10. The molecule has 0 heterocycles. The topological polar surface area (TPSA) is 0 Å². The molecule has 0 radical (unpaired) electrons. The van der Waals surface area contributed by atoms with Gasteiger partial charge in [0.1, 0.15) is 11.6 Å². The maximum atomic E-state index is 13.9. The fraction of sp³-hybridized carbons (Fsp3) is 0.250. The van der Waals surface area contributed by atoms with Crippen LogP contribution in [-0.4, -0.2) is 0 Å². The Labute approximate surface area is 134 Å². The van der Waals surface area contributed by atoms with Gasteiger partial charge in [-0.2, -0.15) is 0 Å². The van der Waals surface area contributed by atoms with E-state index in [1.165, 1.54) is 12.1 Å². The lowest BCUT2D eigenvalue weighted by Gasteiger charge is -2.15. The molecule has 4 heteroatoms. The Morgan fingerprint density at radius 2 is 1.65 bits per heavy atom. The first-order valence-corrected chi connectivity index (χ1v) is 7.94. The van der Waals surface area contributed by atoms with Gasteiger partial charge in [0.05, 0.1) is 0 Å². The molecule has 0 saturated heterocycles. The van der Waals surface area contributed by atoms with E-state index >= 15 is 0 Å². The van der Waals surface area contributed by atoms with Gasteiger partial charge >= 0.3 is 0 Å². The molecule has 0 N–H and O–H groups in total. The average Bonchev–Trinajstić information content (AvgIpc) is 2.32. The quantitative estimate of drug-likeness (QED) is 0.549. The lowest BCUT2D eigenvalue weighted by molar-refractivity contribution is 0.552. The largest absolute Gasteiger partial charge is 0.207 e. The summed E-state index contributed by atoms with van der Waals surface area (Å²) in [6, 6.07) is 8.69. The molecular formula is C16H14Br2F2. The predicted octanol–water partition coefficient (Wildman–Crippen LogP) is 6.02. The highest BCUT2D eigenvalue weighted by Crippen LogP contribution is 2.33. The fourth-order valence-corrected chi connectivity index (χ4v) is 3.36. The van der Waals surface area contributed by atoms with Crippen LogP contribution in [0.4, 0.5) is 8.78 Å². The molecule has 0 aliphatic rings. The molecular weight excluding hydrogens is 390 g/mol. The summed E-state index contributed by atoms with van der Waals surface area (Å²) in [6.07, 6.45) is 0.545. The third kappa shape index (κ3) is 3.47. The van der Waals surface area contributed by atoms with Gasteiger partial charge in [0.25, 0.3) is 0 Å². The summed E-state index contributed by atoms with van der Waals surface area (Å²) in [6.45, 7) is 4.01. The highest BCUT2D eigenvalue weighted by atomic mass is 79.9. The van der Waals surface area contributed by atoms with E-state index in [9.17, 15) is 8.78 Å². The second kappa shape index (κ2) is 6.35. The zero-order valence-corrected chi connectivity index (χ0v) is 14.4. The average molecular weight is 404 g/mol. The van der Waals surface area contributed by atoms with Gasteiger partial charge in [-0.15, -0.1) is 0 Å². The summed E-state index contributed by atoms with van der Waals surface area (Å²) < 4.78 is 28.3. The van der Waals surface area contributed by atoms with Crippen molar-refractivity contribution in [2.45, 2.75) is 25.1 Å². The van der Waals surface area contributed by atoms with E-state index in [0.717, 1.165) is 16.7 Å². The number of rotatable bonds is 3. The summed E-state index contributed by atoms with van der Waals surface area (Å²) in [5.41, 5.74) is 3.43. The molecule has 106 valence electrons. The third-order valence-electron chi connectivity index (χ3n) is 3.26. The summed E-state index contributed by atoms with van der Waals surface area (Å²) in [5.74, 6) is -1.08. The molecule has 0 amide bonds. The zero-order chi connectivity index (χ0) is 14.9. The minimum atomic E-state index is -0.538. The number of hydrogen-bond donors (Lipinski definition) is 0. The molecule has 0 aromatic heterocycles. The molecule has 0 fully saturated rings. The summed E-state index contributed by atoms with van der Waals surface area (Å²) in [5, 5.41) is 0. The van der Waals surface area contributed by atoms with Gasteiger partial charge in [-0.05, 0) is 43.5 Å². The van der Waals surface area contributed by atoms with Crippen LogP contribution in [0.15, 0.2) is 34.8 Å². The number of aryl methyl sites for hydroxylation is 2. The standard InChI is InChI=1S/C16H14Br2F2/c1-9-3-4-10(2)11(5-9)6-13(18)16-14(19)7-12(17)8-15(16)20/h3-5,7-8,13H,6H2,1-2H3. The first-order chi connectivity index (χ1) is 9.38. The third-order valence-corrected chi connectivity index (χ3v) is 4.50. The van der Waals surface area contributed by atoms with Crippen LogP contribution in [0.25, 0.3) is 0 Å².